The van der Waals surface area contributed by atoms with Crippen molar-refractivity contribution in [1.82, 2.24) is 19.8 Å². The number of aromatic nitrogens is 2. The van der Waals surface area contributed by atoms with Crippen LogP contribution in [0.2, 0.25) is 0 Å². The van der Waals surface area contributed by atoms with Crippen LogP contribution in [0.15, 0.2) is 4.79 Å². The van der Waals surface area contributed by atoms with E-state index in [1.165, 1.54) is 0 Å². The van der Waals surface area contributed by atoms with Gasteiger partial charge in [-0.3, -0.25) is 14.4 Å². The molecule has 0 spiro atoms. The Morgan fingerprint density at radius 2 is 1.77 bits per heavy atom. The Labute approximate surface area is 177 Å². The van der Waals surface area contributed by atoms with Crippen molar-refractivity contribution >= 4 is 11.8 Å². The maximum absolute atomic E-state index is 13.0. The number of aromatic amines is 1. The van der Waals surface area contributed by atoms with Crippen LogP contribution < -0.4 is 5.56 Å². The molecule has 1 aromatic heterocycles. The van der Waals surface area contributed by atoms with Crippen molar-refractivity contribution in [2.24, 2.45) is 17.8 Å². The molecular weight excluding hydrogens is 380 g/mol. The van der Waals surface area contributed by atoms with Gasteiger partial charge in [0.15, 0.2) is 0 Å². The van der Waals surface area contributed by atoms with Gasteiger partial charge in [-0.2, -0.15) is 0 Å². The van der Waals surface area contributed by atoms with E-state index in [9.17, 15) is 14.4 Å². The number of nitrogens with zero attached hydrogens (tertiary/aromatic N) is 3. The average Bonchev–Trinajstić information content (AvgIpc) is 3.25. The van der Waals surface area contributed by atoms with Gasteiger partial charge in [0.2, 0.25) is 11.8 Å². The normalized spacial score (nSPS) is 29.0. The fourth-order valence-corrected chi connectivity index (χ4v) is 5.58. The first-order chi connectivity index (χ1) is 14.5. The summed E-state index contributed by atoms with van der Waals surface area (Å²) in [5.74, 6) is 1.80. The number of nitrogens with one attached hydrogen (secondary N) is 1. The van der Waals surface area contributed by atoms with Gasteiger partial charge in [0, 0.05) is 31.3 Å². The molecular formula is C23H32N4O3. The molecule has 2 saturated carbocycles. The number of carbonyl (C=O) groups excluding carboxylic acids is 2. The van der Waals surface area contributed by atoms with Gasteiger partial charge in [0.25, 0.3) is 5.56 Å². The first kappa shape index (κ1) is 19.8. The van der Waals surface area contributed by atoms with E-state index in [0.717, 1.165) is 63.6 Å². The highest BCUT2D eigenvalue weighted by molar-refractivity contribution is 5.82. The van der Waals surface area contributed by atoms with Crippen molar-refractivity contribution in [3.05, 3.63) is 27.4 Å². The molecule has 30 heavy (non-hydrogen) atoms. The van der Waals surface area contributed by atoms with Crippen molar-refractivity contribution in [3.8, 4) is 0 Å². The number of H-pyrrole nitrogens is 1. The highest BCUT2D eigenvalue weighted by Crippen LogP contribution is 2.42. The molecule has 0 aromatic carbocycles. The highest BCUT2D eigenvalue weighted by Gasteiger charge is 2.44. The minimum atomic E-state index is -0.142. The first-order valence-electron chi connectivity index (χ1n) is 11.7. The zero-order chi connectivity index (χ0) is 20.8. The molecule has 0 unspecified atom stereocenters. The van der Waals surface area contributed by atoms with E-state index in [-0.39, 0.29) is 35.3 Å². The fourth-order valence-electron chi connectivity index (χ4n) is 5.58. The lowest BCUT2D eigenvalue weighted by molar-refractivity contribution is -0.137. The fraction of sp³-hybridized carbons (Fsp3) is 0.739. The van der Waals surface area contributed by atoms with Crippen LogP contribution in [0.25, 0.3) is 0 Å². The molecule has 0 radical (unpaired) electrons. The summed E-state index contributed by atoms with van der Waals surface area (Å²) < 4.78 is 0. The van der Waals surface area contributed by atoms with E-state index in [2.05, 4.69) is 11.9 Å². The SMILES string of the molecule is C[C@@H]1C[C@H]1C(=O)N1CCCC[C@H]1c1nc2c(c(=O)[nH]1)CN(C(=O)C1CCCC1)CC2. The Morgan fingerprint density at radius 1 is 1.03 bits per heavy atom. The molecule has 3 heterocycles. The molecule has 1 aromatic rings. The summed E-state index contributed by atoms with van der Waals surface area (Å²) >= 11 is 0. The van der Waals surface area contributed by atoms with E-state index in [4.69, 9.17) is 4.98 Å². The lowest BCUT2D eigenvalue weighted by Gasteiger charge is -2.36. The second-order valence-corrected chi connectivity index (χ2v) is 9.73. The van der Waals surface area contributed by atoms with E-state index in [1.54, 1.807) is 0 Å². The van der Waals surface area contributed by atoms with Crippen LogP contribution in [-0.4, -0.2) is 44.7 Å². The Kier molecular flexibility index (Phi) is 5.15. The highest BCUT2D eigenvalue weighted by atomic mass is 16.2. The first-order valence-corrected chi connectivity index (χ1v) is 11.7. The van der Waals surface area contributed by atoms with Crippen LogP contribution in [0.1, 0.15) is 81.4 Å². The van der Waals surface area contributed by atoms with Crippen molar-refractivity contribution in [1.29, 1.82) is 0 Å². The Morgan fingerprint density at radius 3 is 2.50 bits per heavy atom. The van der Waals surface area contributed by atoms with Crippen LogP contribution in [0, 0.1) is 17.8 Å². The Hall–Kier alpha value is -2.18. The predicted octanol–water partition coefficient (Wildman–Crippen LogP) is 2.55. The van der Waals surface area contributed by atoms with E-state index >= 15 is 0 Å². The van der Waals surface area contributed by atoms with Gasteiger partial charge in [0.1, 0.15) is 5.82 Å². The number of likely N-dealkylation sites (tertiary alicyclic amines) is 1. The summed E-state index contributed by atoms with van der Waals surface area (Å²) in [5.41, 5.74) is 1.29. The van der Waals surface area contributed by atoms with Crippen LogP contribution in [0.4, 0.5) is 0 Å². The minimum absolute atomic E-state index is 0.129. The van der Waals surface area contributed by atoms with Gasteiger partial charge >= 0.3 is 0 Å². The van der Waals surface area contributed by atoms with Gasteiger partial charge in [0.05, 0.1) is 23.8 Å². The molecule has 2 aliphatic carbocycles. The molecule has 3 fully saturated rings. The summed E-state index contributed by atoms with van der Waals surface area (Å²) in [7, 11) is 0. The molecule has 1 saturated heterocycles. The summed E-state index contributed by atoms with van der Waals surface area (Å²) in [6, 6.07) is -0.129. The number of amides is 2. The largest absolute Gasteiger partial charge is 0.337 e. The molecule has 0 bridgehead atoms. The quantitative estimate of drug-likeness (QED) is 0.827. The summed E-state index contributed by atoms with van der Waals surface area (Å²) in [4.78, 5) is 50.3. The molecule has 2 aliphatic heterocycles. The zero-order valence-corrected chi connectivity index (χ0v) is 17.9. The summed E-state index contributed by atoms with van der Waals surface area (Å²) in [6.45, 7) is 3.86. The van der Waals surface area contributed by atoms with E-state index in [0.29, 0.717) is 36.8 Å². The molecule has 4 aliphatic rings. The summed E-state index contributed by atoms with van der Waals surface area (Å²) in [5, 5.41) is 0. The van der Waals surface area contributed by atoms with Crippen molar-refractivity contribution in [2.75, 3.05) is 13.1 Å². The third kappa shape index (κ3) is 3.56. The molecule has 2 amide bonds. The molecule has 7 nitrogen and oxygen atoms in total. The van der Waals surface area contributed by atoms with Gasteiger partial charge in [-0.25, -0.2) is 4.98 Å². The molecule has 7 heteroatoms. The molecule has 3 atom stereocenters. The second-order valence-electron chi connectivity index (χ2n) is 9.73. The van der Waals surface area contributed by atoms with Gasteiger partial charge in [-0.05, 0) is 44.4 Å². The standard InChI is InChI=1S/C23H32N4O3/c1-14-12-16(14)23(30)27-10-5-4-8-19(27)20-24-18-9-11-26(13-17(18)21(28)25-20)22(29)15-6-2-3-7-15/h14-16,19H,2-13H2,1H3,(H,24,25,28)/t14-,16-,19+/m1/s1. The smallest absolute Gasteiger partial charge is 0.256 e. The maximum Gasteiger partial charge on any atom is 0.256 e. The number of rotatable bonds is 3. The number of piperidine rings is 1. The van der Waals surface area contributed by atoms with Crippen molar-refractivity contribution < 1.29 is 9.59 Å². The number of carbonyl (C=O) groups is 2. The number of hydrogen-bond donors (Lipinski definition) is 1. The monoisotopic (exact) mass is 412 g/mol. The predicted molar refractivity (Wildman–Crippen MR) is 112 cm³/mol. The van der Waals surface area contributed by atoms with Crippen LogP contribution >= 0.6 is 0 Å². The van der Waals surface area contributed by atoms with Gasteiger partial charge < -0.3 is 14.8 Å². The maximum atomic E-state index is 13.0. The van der Waals surface area contributed by atoms with Crippen LogP contribution in [-0.2, 0) is 22.6 Å². The third-order valence-corrected chi connectivity index (χ3v) is 7.63. The topological polar surface area (TPSA) is 86.4 Å². The van der Waals surface area contributed by atoms with Gasteiger partial charge in [-0.15, -0.1) is 0 Å². The van der Waals surface area contributed by atoms with Crippen molar-refractivity contribution in [2.45, 2.75) is 77.3 Å². The summed E-state index contributed by atoms with van der Waals surface area (Å²) in [6.07, 6.45) is 8.69. The number of hydrogen-bond acceptors (Lipinski definition) is 4. The minimum Gasteiger partial charge on any atom is -0.337 e. The lowest BCUT2D eigenvalue weighted by atomic mass is 9.99. The van der Waals surface area contributed by atoms with Crippen molar-refractivity contribution in [3.63, 3.8) is 0 Å². The Bertz CT molecular complexity index is 904. The van der Waals surface area contributed by atoms with E-state index < -0.39 is 0 Å². The number of fused-ring (bicyclic) bond motifs is 1. The molecule has 1 N–H and O–H groups in total. The average molecular weight is 413 g/mol. The molecule has 5 rings (SSSR count). The zero-order valence-electron chi connectivity index (χ0n) is 17.9. The third-order valence-electron chi connectivity index (χ3n) is 7.63. The van der Waals surface area contributed by atoms with Crippen LogP contribution in [0.3, 0.4) is 0 Å². The van der Waals surface area contributed by atoms with E-state index in [1.807, 2.05) is 9.80 Å². The lowest BCUT2D eigenvalue weighted by Crippen LogP contribution is -2.44. The van der Waals surface area contributed by atoms with Crippen LogP contribution in [0.5, 0.6) is 0 Å². The molecule has 162 valence electrons. The Balaban J connectivity index is 1.37. The van der Waals surface area contributed by atoms with Gasteiger partial charge in [-0.1, -0.05) is 19.8 Å². The second kappa shape index (κ2) is 7.82.